The van der Waals surface area contributed by atoms with Gasteiger partial charge in [-0.05, 0) is 26.3 Å². The van der Waals surface area contributed by atoms with Gasteiger partial charge in [0.25, 0.3) is 0 Å². The molecular weight excluding hydrogens is 254 g/mol. The Morgan fingerprint density at radius 2 is 2.30 bits per heavy atom. The summed E-state index contributed by atoms with van der Waals surface area (Å²) in [6, 6.07) is 0.115. The number of rotatable bonds is 5. The molecule has 6 nitrogen and oxygen atoms in total. The number of amides is 1. The maximum Gasteiger partial charge on any atom is 0.224 e. The molecule has 0 aliphatic carbocycles. The second-order valence-corrected chi connectivity index (χ2v) is 6.11. The normalized spacial score (nSPS) is 26.6. The highest BCUT2D eigenvalue weighted by Gasteiger charge is 2.42. The molecule has 1 saturated heterocycles. The summed E-state index contributed by atoms with van der Waals surface area (Å²) in [5, 5.41) is 4.24. The van der Waals surface area contributed by atoms with Crippen LogP contribution in [0.15, 0.2) is 12.4 Å². The number of likely N-dealkylation sites (tertiary alicyclic amines) is 1. The molecule has 1 amide bonds. The Morgan fingerprint density at radius 3 is 2.75 bits per heavy atom. The third kappa shape index (κ3) is 2.71. The molecule has 3 unspecified atom stereocenters. The molecule has 0 aromatic carbocycles. The SMILES string of the molecule is CCC(N)C(c1cnn(C)c1)N1CCC(C)(C(N)=O)C1. The van der Waals surface area contributed by atoms with Gasteiger partial charge < -0.3 is 11.5 Å². The Labute approximate surface area is 120 Å². The van der Waals surface area contributed by atoms with E-state index in [1.165, 1.54) is 0 Å². The zero-order valence-electron chi connectivity index (χ0n) is 12.5. The van der Waals surface area contributed by atoms with Crippen molar-refractivity contribution in [3.8, 4) is 0 Å². The van der Waals surface area contributed by atoms with Crippen LogP contribution < -0.4 is 11.5 Å². The van der Waals surface area contributed by atoms with Crippen LogP contribution in [0.5, 0.6) is 0 Å². The molecule has 0 radical (unpaired) electrons. The standard InChI is InChI=1S/C14H25N5O/c1-4-11(15)12(10-7-17-18(3)8-10)19-6-5-14(2,9-19)13(16)20/h7-8,11-12H,4-6,9,15H2,1-3H3,(H2,16,20). The number of nitrogens with two attached hydrogens (primary N) is 2. The van der Waals surface area contributed by atoms with Crippen LogP contribution >= 0.6 is 0 Å². The lowest BCUT2D eigenvalue weighted by molar-refractivity contribution is -0.126. The van der Waals surface area contributed by atoms with Gasteiger partial charge in [0.05, 0.1) is 17.7 Å². The van der Waals surface area contributed by atoms with Gasteiger partial charge in [0.15, 0.2) is 0 Å². The lowest BCUT2D eigenvalue weighted by Crippen LogP contribution is -2.42. The topological polar surface area (TPSA) is 90.2 Å². The van der Waals surface area contributed by atoms with Crippen molar-refractivity contribution >= 4 is 5.91 Å². The molecule has 2 rings (SSSR count). The van der Waals surface area contributed by atoms with Crippen molar-refractivity contribution < 1.29 is 4.79 Å². The molecule has 1 fully saturated rings. The van der Waals surface area contributed by atoms with Gasteiger partial charge >= 0.3 is 0 Å². The van der Waals surface area contributed by atoms with Crippen LogP contribution in [0.2, 0.25) is 0 Å². The van der Waals surface area contributed by atoms with Gasteiger partial charge in [-0.25, -0.2) is 0 Å². The van der Waals surface area contributed by atoms with Gasteiger partial charge in [0.1, 0.15) is 0 Å². The first kappa shape index (κ1) is 15.0. The van der Waals surface area contributed by atoms with Gasteiger partial charge in [0, 0.05) is 31.4 Å². The summed E-state index contributed by atoms with van der Waals surface area (Å²) in [5.74, 6) is -0.227. The minimum absolute atomic E-state index is 0.0226. The number of hydrogen-bond donors (Lipinski definition) is 2. The second kappa shape index (κ2) is 5.54. The van der Waals surface area contributed by atoms with E-state index in [0.717, 1.165) is 24.9 Å². The number of carbonyl (C=O) groups excluding carboxylic acids is 1. The zero-order chi connectivity index (χ0) is 14.9. The molecule has 3 atom stereocenters. The van der Waals surface area contributed by atoms with Crippen molar-refractivity contribution in [3.05, 3.63) is 18.0 Å². The van der Waals surface area contributed by atoms with Crippen molar-refractivity contribution in [2.75, 3.05) is 13.1 Å². The lowest BCUT2D eigenvalue weighted by Gasteiger charge is -2.32. The predicted octanol–water partition coefficient (Wildman–Crippen LogP) is 0.396. The third-order valence-electron chi connectivity index (χ3n) is 4.43. The average Bonchev–Trinajstić information content (AvgIpc) is 2.98. The van der Waals surface area contributed by atoms with Crippen molar-refractivity contribution in [2.45, 2.75) is 38.8 Å². The minimum atomic E-state index is -0.450. The number of hydrogen-bond acceptors (Lipinski definition) is 4. The van der Waals surface area contributed by atoms with E-state index in [0.29, 0.717) is 6.54 Å². The molecule has 20 heavy (non-hydrogen) atoms. The van der Waals surface area contributed by atoms with E-state index in [1.54, 1.807) is 4.68 Å². The van der Waals surface area contributed by atoms with Gasteiger partial charge in [-0.1, -0.05) is 6.92 Å². The van der Waals surface area contributed by atoms with Crippen LogP contribution in [0, 0.1) is 5.41 Å². The summed E-state index contributed by atoms with van der Waals surface area (Å²) in [6.07, 6.45) is 5.53. The summed E-state index contributed by atoms with van der Waals surface area (Å²) in [7, 11) is 1.90. The number of aromatic nitrogens is 2. The molecule has 6 heteroatoms. The van der Waals surface area contributed by atoms with Crippen molar-refractivity contribution in [1.82, 2.24) is 14.7 Å². The number of carbonyl (C=O) groups is 1. The van der Waals surface area contributed by atoms with Crippen LogP contribution in [0.25, 0.3) is 0 Å². The fraction of sp³-hybridized carbons (Fsp3) is 0.714. The summed E-state index contributed by atoms with van der Waals surface area (Å²) < 4.78 is 1.79. The van der Waals surface area contributed by atoms with E-state index >= 15 is 0 Å². The maximum absolute atomic E-state index is 11.6. The number of primary amides is 1. The second-order valence-electron chi connectivity index (χ2n) is 6.11. The van der Waals surface area contributed by atoms with E-state index in [2.05, 4.69) is 16.9 Å². The highest BCUT2D eigenvalue weighted by Crippen LogP contribution is 2.36. The van der Waals surface area contributed by atoms with Crippen molar-refractivity contribution in [3.63, 3.8) is 0 Å². The van der Waals surface area contributed by atoms with Crippen LogP contribution in [-0.2, 0) is 11.8 Å². The van der Waals surface area contributed by atoms with E-state index < -0.39 is 5.41 Å². The van der Waals surface area contributed by atoms with E-state index in [-0.39, 0.29) is 18.0 Å². The van der Waals surface area contributed by atoms with Crippen LogP contribution in [0.3, 0.4) is 0 Å². The number of aryl methyl sites for hydroxylation is 1. The molecular formula is C14H25N5O. The minimum Gasteiger partial charge on any atom is -0.369 e. The molecule has 0 bridgehead atoms. The molecule has 2 heterocycles. The van der Waals surface area contributed by atoms with E-state index in [1.807, 2.05) is 26.4 Å². The van der Waals surface area contributed by atoms with Crippen molar-refractivity contribution in [2.24, 2.45) is 23.9 Å². The molecule has 1 aromatic heterocycles. The first-order valence-electron chi connectivity index (χ1n) is 7.15. The van der Waals surface area contributed by atoms with Gasteiger partial charge in [-0.2, -0.15) is 5.10 Å². The molecule has 0 spiro atoms. The Hall–Kier alpha value is -1.40. The fourth-order valence-corrected chi connectivity index (χ4v) is 2.98. The van der Waals surface area contributed by atoms with E-state index in [9.17, 15) is 4.79 Å². The molecule has 112 valence electrons. The number of nitrogens with zero attached hydrogens (tertiary/aromatic N) is 3. The summed E-state index contributed by atoms with van der Waals surface area (Å²) >= 11 is 0. The first-order chi connectivity index (χ1) is 9.37. The van der Waals surface area contributed by atoms with Crippen LogP contribution in [-0.4, -0.2) is 39.7 Å². The zero-order valence-corrected chi connectivity index (χ0v) is 12.5. The highest BCUT2D eigenvalue weighted by atomic mass is 16.1. The Morgan fingerprint density at radius 1 is 1.60 bits per heavy atom. The molecule has 4 N–H and O–H groups in total. The molecule has 1 aliphatic heterocycles. The summed E-state index contributed by atoms with van der Waals surface area (Å²) in [6.45, 7) is 5.52. The Kier molecular flexibility index (Phi) is 4.15. The quantitative estimate of drug-likeness (QED) is 0.816. The molecule has 0 saturated carbocycles. The van der Waals surface area contributed by atoms with Crippen LogP contribution in [0.4, 0.5) is 0 Å². The first-order valence-corrected chi connectivity index (χ1v) is 7.15. The lowest BCUT2D eigenvalue weighted by atomic mass is 9.89. The van der Waals surface area contributed by atoms with E-state index in [4.69, 9.17) is 11.5 Å². The summed E-state index contributed by atoms with van der Waals surface area (Å²) in [4.78, 5) is 13.9. The predicted molar refractivity (Wildman–Crippen MR) is 77.7 cm³/mol. The highest BCUT2D eigenvalue weighted by molar-refractivity contribution is 5.81. The Bertz CT molecular complexity index is 486. The third-order valence-corrected chi connectivity index (χ3v) is 4.43. The fourth-order valence-electron chi connectivity index (χ4n) is 2.98. The van der Waals surface area contributed by atoms with Gasteiger partial charge in [-0.15, -0.1) is 0 Å². The monoisotopic (exact) mass is 279 g/mol. The van der Waals surface area contributed by atoms with Crippen LogP contribution in [0.1, 0.15) is 38.3 Å². The average molecular weight is 279 g/mol. The molecule has 1 aromatic rings. The van der Waals surface area contributed by atoms with Gasteiger partial charge in [-0.3, -0.25) is 14.4 Å². The molecule has 1 aliphatic rings. The Balaban J connectivity index is 2.23. The van der Waals surface area contributed by atoms with Gasteiger partial charge in [0.2, 0.25) is 5.91 Å². The smallest absolute Gasteiger partial charge is 0.224 e. The maximum atomic E-state index is 11.6. The summed E-state index contributed by atoms with van der Waals surface area (Å²) in [5.41, 5.74) is 12.5. The largest absolute Gasteiger partial charge is 0.369 e. The van der Waals surface area contributed by atoms with Crippen molar-refractivity contribution in [1.29, 1.82) is 0 Å².